The highest BCUT2D eigenvalue weighted by atomic mass is 16.5. The van der Waals surface area contributed by atoms with E-state index in [0.29, 0.717) is 24.4 Å². The zero-order valence-electron chi connectivity index (χ0n) is 12.6. The Balaban J connectivity index is 1.99. The first-order chi connectivity index (χ1) is 9.58. The smallest absolute Gasteiger partial charge is 0.231 e. The highest BCUT2D eigenvalue weighted by Crippen LogP contribution is 2.11. The third-order valence-corrected chi connectivity index (χ3v) is 3.08. The van der Waals surface area contributed by atoms with Gasteiger partial charge in [0.05, 0.1) is 12.7 Å². The molecule has 8 nitrogen and oxygen atoms in total. The second-order valence-corrected chi connectivity index (χ2v) is 5.06. The standard InChI is InChI=1S/C12H23N7O/c1-13-10-15-11(17-12(16-10)18(2)3)14-7-9-8-19(4)5-6-20-9/h9H,5-8H2,1-4H3,(H2,13,14,15,16,17). The van der Waals surface area contributed by atoms with Crippen molar-refractivity contribution in [2.45, 2.75) is 6.10 Å². The SMILES string of the molecule is CNc1nc(NCC2CN(C)CCO2)nc(N(C)C)n1. The largest absolute Gasteiger partial charge is 0.374 e. The van der Waals surface area contributed by atoms with Crippen molar-refractivity contribution >= 4 is 17.8 Å². The summed E-state index contributed by atoms with van der Waals surface area (Å²) < 4.78 is 5.70. The van der Waals surface area contributed by atoms with E-state index in [1.165, 1.54) is 0 Å². The molecule has 0 spiro atoms. The molecule has 2 N–H and O–H groups in total. The summed E-state index contributed by atoms with van der Waals surface area (Å²) in [6, 6.07) is 0. The highest BCUT2D eigenvalue weighted by Gasteiger charge is 2.18. The predicted molar refractivity (Wildman–Crippen MR) is 79.4 cm³/mol. The van der Waals surface area contributed by atoms with Crippen LogP contribution in [0.25, 0.3) is 0 Å². The Morgan fingerprint density at radius 2 is 2.05 bits per heavy atom. The van der Waals surface area contributed by atoms with Gasteiger partial charge < -0.3 is 25.2 Å². The fraction of sp³-hybridized carbons (Fsp3) is 0.750. The molecule has 2 heterocycles. The zero-order valence-corrected chi connectivity index (χ0v) is 12.6. The van der Waals surface area contributed by atoms with E-state index in [0.717, 1.165) is 19.7 Å². The van der Waals surface area contributed by atoms with Crippen LogP contribution in [0.1, 0.15) is 0 Å². The summed E-state index contributed by atoms with van der Waals surface area (Å²) in [4.78, 5) is 17.0. The molecule has 0 bridgehead atoms. The van der Waals surface area contributed by atoms with E-state index in [9.17, 15) is 0 Å². The van der Waals surface area contributed by atoms with E-state index < -0.39 is 0 Å². The van der Waals surface area contributed by atoms with Gasteiger partial charge in [-0.2, -0.15) is 15.0 Å². The first-order valence-electron chi connectivity index (χ1n) is 6.73. The molecule has 1 aromatic heterocycles. The van der Waals surface area contributed by atoms with Gasteiger partial charge in [-0.15, -0.1) is 0 Å². The predicted octanol–water partition coefficient (Wildman–Crippen LogP) is -0.278. The van der Waals surface area contributed by atoms with Crippen LogP contribution in [0.4, 0.5) is 17.8 Å². The van der Waals surface area contributed by atoms with Crippen LogP contribution in [0.5, 0.6) is 0 Å². The summed E-state index contributed by atoms with van der Waals surface area (Å²) in [5.41, 5.74) is 0. The number of hydrogen-bond donors (Lipinski definition) is 2. The van der Waals surface area contributed by atoms with Crippen molar-refractivity contribution < 1.29 is 4.74 Å². The number of anilines is 3. The number of ether oxygens (including phenoxy) is 1. The molecule has 1 saturated heterocycles. The van der Waals surface area contributed by atoms with Crippen molar-refractivity contribution in [3.8, 4) is 0 Å². The number of rotatable bonds is 5. The topological polar surface area (TPSA) is 78.4 Å². The van der Waals surface area contributed by atoms with Gasteiger partial charge in [-0.25, -0.2) is 0 Å². The van der Waals surface area contributed by atoms with Gasteiger partial charge in [0.25, 0.3) is 0 Å². The van der Waals surface area contributed by atoms with Gasteiger partial charge in [0, 0.05) is 40.8 Å². The van der Waals surface area contributed by atoms with Gasteiger partial charge >= 0.3 is 0 Å². The third kappa shape index (κ3) is 3.91. The lowest BCUT2D eigenvalue weighted by molar-refractivity contribution is -0.0117. The molecule has 2 rings (SSSR count). The molecule has 1 aliphatic heterocycles. The number of morpholine rings is 1. The summed E-state index contributed by atoms with van der Waals surface area (Å²) in [5.74, 6) is 1.73. The fourth-order valence-corrected chi connectivity index (χ4v) is 1.95. The molecule has 0 aromatic carbocycles. The Kier molecular flexibility index (Phi) is 4.91. The van der Waals surface area contributed by atoms with Gasteiger partial charge in [0.15, 0.2) is 0 Å². The Bertz CT molecular complexity index is 440. The normalized spacial score (nSPS) is 19.7. The van der Waals surface area contributed by atoms with Crippen molar-refractivity contribution in [1.29, 1.82) is 0 Å². The summed E-state index contributed by atoms with van der Waals surface area (Å²) >= 11 is 0. The average molecular weight is 281 g/mol. The van der Waals surface area contributed by atoms with E-state index in [2.05, 4.69) is 37.5 Å². The molecule has 112 valence electrons. The van der Waals surface area contributed by atoms with Crippen LogP contribution in [0.3, 0.4) is 0 Å². The number of aromatic nitrogens is 3. The molecular weight excluding hydrogens is 258 g/mol. The van der Waals surface area contributed by atoms with E-state index >= 15 is 0 Å². The van der Waals surface area contributed by atoms with Crippen molar-refractivity contribution in [2.75, 3.05) is 70.0 Å². The molecule has 0 radical (unpaired) electrons. The minimum atomic E-state index is 0.159. The van der Waals surface area contributed by atoms with E-state index in [1.54, 1.807) is 7.05 Å². The maximum Gasteiger partial charge on any atom is 0.231 e. The summed E-state index contributed by atoms with van der Waals surface area (Å²) in [6.07, 6.45) is 0.159. The van der Waals surface area contributed by atoms with Crippen LogP contribution in [0.2, 0.25) is 0 Å². The lowest BCUT2D eigenvalue weighted by atomic mass is 10.3. The second-order valence-electron chi connectivity index (χ2n) is 5.06. The minimum Gasteiger partial charge on any atom is -0.374 e. The first-order valence-corrected chi connectivity index (χ1v) is 6.73. The Hall–Kier alpha value is -1.67. The van der Waals surface area contributed by atoms with E-state index in [-0.39, 0.29) is 6.10 Å². The number of likely N-dealkylation sites (N-methyl/N-ethyl adjacent to an activating group) is 1. The second kappa shape index (κ2) is 6.67. The molecule has 1 aromatic rings. The number of hydrogen-bond acceptors (Lipinski definition) is 8. The van der Waals surface area contributed by atoms with Crippen LogP contribution < -0.4 is 15.5 Å². The van der Waals surface area contributed by atoms with Gasteiger partial charge in [0.1, 0.15) is 0 Å². The van der Waals surface area contributed by atoms with Gasteiger partial charge in [-0.05, 0) is 7.05 Å². The molecule has 0 saturated carbocycles. The van der Waals surface area contributed by atoms with Crippen LogP contribution >= 0.6 is 0 Å². The first kappa shape index (κ1) is 14.7. The Morgan fingerprint density at radius 3 is 2.70 bits per heavy atom. The third-order valence-electron chi connectivity index (χ3n) is 3.08. The molecular formula is C12H23N7O. The lowest BCUT2D eigenvalue weighted by Gasteiger charge is -2.30. The molecule has 0 amide bonds. The highest BCUT2D eigenvalue weighted by molar-refractivity contribution is 5.42. The molecule has 8 heteroatoms. The molecule has 1 fully saturated rings. The quantitative estimate of drug-likeness (QED) is 0.763. The maximum absolute atomic E-state index is 5.70. The summed E-state index contributed by atoms with van der Waals surface area (Å²) in [5, 5.41) is 6.16. The monoisotopic (exact) mass is 281 g/mol. The Labute approximate surface area is 119 Å². The van der Waals surface area contributed by atoms with E-state index in [4.69, 9.17) is 4.74 Å². The maximum atomic E-state index is 5.70. The van der Waals surface area contributed by atoms with Gasteiger partial charge in [0.2, 0.25) is 17.8 Å². The fourth-order valence-electron chi connectivity index (χ4n) is 1.95. The van der Waals surface area contributed by atoms with Crippen LogP contribution in [-0.2, 0) is 4.74 Å². The van der Waals surface area contributed by atoms with Crippen molar-refractivity contribution in [2.24, 2.45) is 0 Å². The Morgan fingerprint density at radius 1 is 1.30 bits per heavy atom. The lowest BCUT2D eigenvalue weighted by Crippen LogP contribution is -2.43. The minimum absolute atomic E-state index is 0.159. The van der Waals surface area contributed by atoms with Crippen molar-refractivity contribution in [3.63, 3.8) is 0 Å². The zero-order chi connectivity index (χ0) is 14.5. The number of nitrogens with zero attached hydrogens (tertiary/aromatic N) is 5. The molecule has 20 heavy (non-hydrogen) atoms. The van der Waals surface area contributed by atoms with E-state index in [1.807, 2.05) is 19.0 Å². The van der Waals surface area contributed by atoms with Crippen molar-refractivity contribution in [1.82, 2.24) is 19.9 Å². The van der Waals surface area contributed by atoms with Gasteiger partial charge in [-0.1, -0.05) is 0 Å². The average Bonchev–Trinajstić information content (AvgIpc) is 2.45. The molecule has 1 aliphatic rings. The number of nitrogens with one attached hydrogen (secondary N) is 2. The van der Waals surface area contributed by atoms with Crippen molar-refractivity contribution in [3.05, 3.63) is 0 Å². The summed E-state index contributed by atoms with van der Waals surface area (Å²) in [7, 11) is 7.69. The van der Waals surface area contributed by atoms with Crippen LogP contribution in [-0.4, -0.2) is 80.4 Å². The van der Waals surface area contributed by atoms with Gasteiger partial charge in [-0.3, -0.25) is 0 Å². The van der Waals surface area contributed by atoms with Crippen LogP contribution in [0.15, 0.2) is 0 Å². The molecule has 0 aliphatic carbocycles. The van der Waals surface area contributed by atoms with Crippen LogP contribution in [0, 0.1) is 0 Å². The molecule has 1 atom stereocenters. The molecule has 1 unspecified atom stereocenters. The summed E-state index contributed by atoms with van der Waals surface area (Å²) in [6.45, 7) is 3.35.